The van der Waals surface area contributed by atoms with Crippen LogP contribution in [0.15, 0.2) is 24.3 Å². The van der Waals surface area contributed by atoms with Crippen LogP contribution in [-0.2, 0) is 9.36 Å². The predicted octanol–water partition coefficient (Wildman–Crippen LogP) is 1.72. The first-order valence-corrected chi connectivity index (χ1v) is 8.79. The average molecular weight is 312 g/mol. The van der Waals surface area contributed by atoms with Gasteiger partial charge >= 0.3 is 0 Å². The Morgan fingerprint density at radius 2 is 2.14 bits per heavy atom. The van der Waals surface area contributed by atoms with Crippen molar-refractivity contribution >= 4 is 18.5 Å². The van der Waals surface area contributed by atoms with E-state index < -0.39 is 18.9 Å². The lowest BCUT2D eigenvalue weighted by molar-refractivity contribution is -0.118. The number of rotatable bonds is 5. The molecule has 0 saturated carbocycles. The van der Waals surface area contributed by atoms with Crippen LogP contribution in [-0.4, -0.2) is 34.8 Å². The Bertz CT molecular complexity index is 546. The Labute approximate surface area is 124 Å². The smallest absolute Gasteiger partial charge is 0.218 e. The third-order valence-electron chi connectivity index (χ3n) is 3.69. The first-order valence-electron chi connectivity index (χ1n) is 7.06. The highest BCUT2D eigenvalue weighted by atomic mass is 31.2. The van der Waals surface area contributed by atoms with Crippen molar-refractivity contribution in [1.82, 2.24) is 4.83 Å². The molecule has 1 aliphatic heterocycles. The van der Waals surface area contributed by atoms with Crippen LogP contribution in [0.2, 0.25) is 0 Å². The van der Waals surface area contributed by atoms with Crippen LogP contribution < -0.4 is 15.8 Å². The molecule has 2 unspecified atom stereocenters. The van der Waals surface area contributed by atoms with Gasteiger partial charge in [0.05, 0.1) is 6.61 Å². The summed E-state index contributed by atoms with van der Waals surface area (Å²) < 4.78 is 18.7. The van der Waals surface area contributed by atoms with E-state index in [1.165, 1.54) is 0 Å². The maximum Gasteiger partial charge on any atom is 0.218 e. The molecule has 0 aromatic heterocycles. The molecule has 116 valence electrons. The molecule has 0 radical (unpaired) electrons. The van der Waals surface area contributed by atoms with Crippen LogP contribution in [0.3, 0.4) is 0 Å². The highest BCUT2D eigenvalue weighted by molar-refractivity contribution is 7.69. The minimum absolute atomic E-state index is 0.0154. The Morgan fingerprint density at radius 1 is 1.48 bits per heavy atom. The van der Waals surface area contributed by atoms with Crippen molar-refractivity contribution in [3.63, 3.8) is 0 Å². The minimum Gasteiger partial charge on any atom is -0.494 e. The second-order valence-electron chi connectivity index (χ2n) is 5.11. The number of nitrogens with two attached hydrogens (primary N) is 1. The number of carbonyl (C=O) groups is 1. The van der Waals surface area contributed by atoms with Crippen molar-refractivity contribution in [2.75, 3.05) is 13.2 Å². The number of nitrogens with zero attached hydrogens (tertiary/aromatic N) is 1. The highest BCUT2D eigenvalue weighted by Crippen LogP contribution is 2.57. The number of benzene rings is 1. The molecule has 1 heterocycles. The summed E-state index contributed by atoms with van der Waals surface area (Å²) in [5.74, 6) is 0.183. The van der Waals surface area contributed by atoms with Gasteiger partial charge < -0.3 is 15.7 Å². The predicted molar refractivity (Wildman–Crippen MR) is 80.2 cm³/mol. The standard InChI is InChI=1S/C14H21N2O4P/c1-2-20-11-5-7-12(8-6-11)21(19)13(10-14(15)17)4-3-9-16(21)18/h5-8,13,18H,2-4,9-10H2,1H3,(H2,15,17). The normalized spacial score (nSPS) is 26.5. The third kappa shape index (κ3) is 3.28. The topological polar surface area (TPSA) is 92.9 Å². The number of primary amides is 1. The van der Waals surface area contributed by atoms with Crippen molar-refractivity contribution < 1.29 is 19.3 Å². The van der Waals surface area contributed by atoms with Crippen LogP contribution in [0, 0.1) is 0 Å². The van der Waals surface area contributed by atoms with E-state index >= 15 is 0 Å². The molecular weight excluding hydrogens is 291 g/mol. The van der Waals surface area contributed by atoms with Crippen molar-refractivity contribution in [1.29, 1.82) is 0 Å². The molecular formula is C14H21N2O4P. The molecule has 0 aliphatic carbocycles. The van der Waals surface area contributed by atoms with Crippen molar-refractivity contribution in [2.45, 2.75) is 31.8 Å². The Kier molecular flexibility index (Phi) is 5.04. The number of hydroxylamine groups is 1. The van der Waals surface area contributed by atoms with E-state index in [0.29, 0.717) is 37.0 Å². The summed E-state index contributed by atoms with van der Waals surface area (Å²) in [6.45, 7) is 2.77. The Balaban J connectivity index is 2.34. The molecule has 1 saturated heterocycles. The average Bonchev–Trinajstić information content (AvgIpc) is 2.45. The van der Waals surface area contributed by atoms with Gasteiger partial charge in [0, 0.05) is 23.9 Å². The zero-order chi connectivity index (χ0) is 15.5. The van der Waals surface area contributed by atoms with E-state index in [1.54, 1.807) is 24.3 Å². The molecule has 1 amide bonds. The van der Waals surface area contributed by atoms with Gasteiger partial charge in [-0.1, -0.05) is 0 Å². The van der Waals surface area contributed by atoms with Crippen LogP contribution in [0.5, 0.6) is 5.75 Å². The summed E-state index contributed by atoms with van der Waals surface area (Å²) in [5.41, 5.74) is 4.81. The van der Waals surface area contributed by atoms with Gasteiger partial charge in [-0.05, 0) is 44.0 Å². The first-order chi connectivity index (χ1) is 9.98. The van der Waals surface area contributed by atoms with Gasteiger partial charge in [-0.3, -0.25) is 9.36 Å². The molecule has 1 aromatic carbocycles. The summed E-state index contributed by atoms with van der Waals surface area (Å²) in [4.78, 5) is 12.1. The summed E-state index contributed by atoms with van der Waals surface area (Å²) in [6, 6.07) is 6.83. The molecule has 21 heavy (non-hydrogen) atoms. The van der Waals surface area contributed by atoms with E-state index in [9.17, 15) is 14.6 Å². The van der Waals surface area contributed by atoms with E-state index in [1.807, 2.05) is 6.92 Å². The number of carbonyl (C=O) groups excluding carboxylic acids is 1. The first kappa shape index (κ1) is 16.0. The fourth-order valence-corrected chi connectivity index (χ4v) is 5.75. The second kappa shape index (κ2) is 6.60. The number of ether oxygens (including phenoxy) is 1. The molecule has 2 atom stereocenters. The van der Waals surface area contributed by atoms with Crippen LogP contribution in [0.4, 0.5) is 0 Å². The quantitative estimate of drug-likeness (QED) is 0.808. The fourth-order valence-electron chi connectivity index (χ4n) is 2.71. The van der Waals surface area contributed by atoms with Crippen molar-refractivity contribution in [3.8, 4) is 5.75 Å². The van der Waals surface area contributed by atoms with Gasteiger partial charge in [0.25, 0.3) is 0 Å². The molecule has 7 heteroatoms. The summed E-state index contributed by atoms with van der Waals surface area (Å²) in [7, 11) is -3.23. The zero-order valence-corrected chi connectivity index (χ0v) is 13.0. The summed E-state index contributed by atoms with van der Waals surface area (Å²) >= 11 is 0. The molecule has 0 spiro atoms. The van der Waals surface area contributed by atoms with Crippen LogP contribution in [0.1, 0.15) is 26.2 Å². The highest BCUT2D eigenvalue weighted by Gasteiger charge is 2.43. The van der Waals surface area contributed by atoms with E-state index in [2.05, 4.69) is 0 Å². The lowest BCUT2D eigenvalue weighted by Gasteiger charge is -2.37. The Hall–Kier alpha value is -1.36. The summed E-state index contributed by atoms with van der Waals surface area (Å²) in [6.07, 6.45) is 1.32. The van der Waals surface area contributed by atoms with Gasteiger partial charge in [0.1, 0.15) is 5.75 Å². The number of amides is 1. The summed E-state index contributed by atoms with van der Waals surface area (Å²) in [5, 5.41) is 10.7. The molecule has 2 rings (SSSR count). The van der Waals surface area contributed by atoms with Gasteiger partial charge in [0.15, 0.2) is 0 Å². The lowest BCUT2D eigenvalue weighted by atomic mass is 10.2. The second-order valence-corrected chi connectivity index (χ2v) is 8.07. The van der Waals surface area contributed by atoms with Crippen LogP contribution in [0.25, 0.3) is 0 Å². The number of hydrogen-bond donors (Lipinski definition) is 2. The maximum absolute atomic E-state index is 13.3. The van der Waals surface area contributed by atoms with Crippen LogP contribution >= 0.6 is 7.29 Å². The minimum atomic E-state index is -3.23. The molecule has 6 nitrogen and oxygen atoms in total. The molecule has 1 aromatic rings. The van der Waals surface area contributed by atoms with E-state index in [0.717, 1.165) is 4.83 Å². The Morgan fingerprint density at radius 3 is 2.71 bits per heavy atom. The molecule has 0 bridgehead atoms. The third-order valence-corrected chi connectivity index (χ3v) is 7.04. The largest absolute Gasteiger partial charge is 0.494 e. The van der Waals surface area contributed by atoms with Gasteiger partial charge in [-0.2, -0.15) is 0 Å². The maximum atomic E-state index is 13.3. The van der Waals surface area contributed by atoms with Gasteiger partial charge in [0.2, 0.25) is 13.2 Å². The van der Waals surface area contributed by atoms with Crippen molar-refractivity contribution in [2.24, 2.45) is 5.73 Å². The van der Waals surface area contributed by atoms with E-state index in [-0.39, 0.29) is 6.42 Å². The fraction of sp³-hybridized carbons (Fsp3) is 0.500. The monoisotopic (exact) mass is 312 g/mol. The van der Waals surface area contributed by atoms with Gasteiger partial charge in [-0.15, -0.1) is 4.83 Å². The number of hydrogen-bond acceptors (Lipinski definition) is 4. The zero-order valence-electron chi connectivity index (χ0n) is 12.1. The lowest BCUT2D eigenvalue weighted by Crippen LogP contribution is -2.37. The SMILES string of the molecule is CCOc1ccc(P2(=O)C(CC(N)=O)CCCN2O)cc1. The molecule has 1 aliphatic rings. The van der Waals surface area contributed by atoms with E-state index in [4.69, 9.17) is 10.5 Å². The van der Waals surface area contributed by atoms with Gasteiger partial charge in [-0.25, -0.2) is 0 Å². The molecule has 3 N–H and O–H groups in total. The molecule has 1 fully saturated rings. The van der Waals surface area contributed by atoms with Crippen molar-refractivity contribution in [3.05, 3.63) is 24.3 Å².